The van der Waals surface area contributed by atoms with Gasteiger partial charge in [-0.1, -0.05) is 23.7 Å². The molecule has 0 spiro atoms. The molecule has 0 N–H and O–H groups in total. The largest absolute Gasteiger partial charge is 0.343 e. The number of piperidine rings is 1. The normalized spacial score (nSPS) is 16.8. The van der Waals surface area contributed by atoms with Crippen molar-refractivity contribution in [3.8, 4) is 0 Å². The van der Waals surface area contributed by atoms with Gasteiger partial charge < -0.3 is 9.47 Å². The highest BCUT2D eigenvalue weighted by atomic mass is 35.5. The maximum Gasteiger partial charge on any atom is 0.255 e. The van der Waals surface area contributed by atoms with Gasteiger partial charge in [0.15, 0.2) is 0 Å². The van der Waals surface area contributed by atoms with Crippen molar-refractivity contribution >= 4 is 28.4 Å². The molecule has 1 saturated heterocycles. The number of halogens is 1. The highest BCUT2D eigenvalue weighted by molar-refractivity contribution is 6.31. The molecule has 3 heterocycles. The first kappa shape index (κ1) is 23.5. The third kappa shape index (κ3) is 5.28. The van der Waals surface area contributed by atoms with Crippen molar-refractivity contribution in [2.45, 2.75) is 39.8 Å². The molecule has 0 saturated carbocycles. The van der Waals surface area contributed by atoms with E-state index >= 15 is 0 Å². The van der Waals surface area contributed by atoms with Crippen molar-refractivity contribution in [3.63, 3.8) is 0 Å². The van der Waals surface area contributed by atoms with Crippen LogP contribution in [-0.4, -0.2) is 51.4 Å². The van der Waals surface area contributed by atoms with Crippen molar-refractivity contribution in [2.24, 2.45) is 5.92 Å². The lowest BCUT2D eigenvalue weighted by molar-refractivity contribution is -0.137. The molecule has 3 aromatic rings. The van der Waals surface area contributed by atoms with Crippen molar-refractivity contribution in [2.75, 3.05) is 26.2 Å². The van der Waals surface area contributed by atoms with E-state index in [1.807, 2.05) is 61.2 Å². The van der Waals surface area contributed by atoms with Crippen molar-refractivity contribution in [3.05, 3.63) is 75.3 Å². The van der Waals surface area contributed by atoms with E-state index < -0.39 is 0 Å². The van der Waals surface area contributed by atoms with E-state index in [4.69, 9.17) is 11.6 Å². The van der Waals surface area contributed by atoms with Crippen LogP contribution in [0.25, 0.3) is 10.9 Å². The number of rotatable bonds is 7. The Morgan fingerprint density at radius 3 is 2.70 bits per heavy atom. The van der Waals surface area contributed by atoms with E-state index in [0.29, 0.717) is 24.7 Å². The first-order valence-electron chi connectivity index (χ1n) is 11.7. The molecule has 1 atom stereocenters. The Labute approximate surface area is 199 Å². The van der Waals surface area contributed by atoms with Crippen LogP contribution in [0.15, 0.2) is 53.5 Å². The summed E-state index contributed by atoms with van der Waals surface area (Å²) < 4.78 is 1.77. The standard InChI is InChI=1S/C26H31ClN4O2/c1-3-30(4-2)25(32)20-8-7-13-29(16-20)17-21-14-19-10-11-22(27)15-24(19)31(26(21)33)18-23-9-5-6-12-28-23/h5-6,9-12,14-15,20H,3-4,7-8,13,16-18H2,1-2H3/t20-/m1/s1. The SMILES string of the molecule is CCN(CC)C(=O)[C@@H]1CCCN(Cc2cc3ccc(Cl)cc3n(Cc3ccccn3)c2=O)C1. The molecule has 6 nitrogen and oxygen atoms in total. The Morgan fingerprint density at radius 2 is 1.97 bits per heavy atom. The van der Waals surface area contributed by atoms with Gasteiger partial charge in [-0.3, -0.25) is 19.5 Å². The predicted octanol–water partition coefficient (Wildman–Crippen LogP) is 4.18. The van der Waals surface area contributed by atoms with E-state index in [1.165, 1.54) is 0 Å². The molecule has 174 valence electrons. The number of hydrogen-bond acceptors (Lipinski definition) is 4. The smallest absolute Gasteiger partial charge is 0.255 e. The minimum Gasteiger partial charge on any atom is -0.343 e. The second-order valence-electron chi connectivity index (χ2n) is 8.67. The average Bonchev–Trinajstić information content (AvgIpc) is 2.83. The highest BCUT2D eigenvalue weighted by Gasteiger charge is 2.28. The number of carbonyl (C=O) groups excluding carboxylic acids is 1. The molecular weight excluding hydrogens is 436 g/mol. The van der Waals surface area contributed by atoms with Gasteiger partial charge in [0.25, 0.3) is 5.56 Å². The fourth-order valence-corrected chi connectivity index (χ4v) is 4.93. The van der Waals surface area contributed by atoms with Gasteiger partial charge in [0.2, 0.25) is 5.91 Å². The van der Waals surface area contributed by atoms with Gasteiger partial charge in [-0.05, 0) is 69.0 Å². The van der Waals surface area contributed by atoms with Crippen LogP contribution in [0.5, 0.6) is 0 Å². The second-order valence-corrected chi connectivity index (χ2v) is 9.11. The summed E-state index contributed by atoms with van der Waals surface area (Å²) in [6, 6.07) is 13.3. The van der Waals surface area contributed by atoms with Gasteiger partial charge in [-0.25, -0.2) is 0 Å². The fourth-order valence-electron chi connectivity index (χ4n) is 4.76. The minimum atomic E-state index is -0.0346. The van der Waals surface area contributed by atoms with Crippen LogP contribution >= 0.6 is 11.6 Å². The van der Waals surface area contributed by atoms with Crippen molar-refractivity contribution in [1.29, 1.82) is 0 Å². The summed E-state index contributed by atoms with van der Waals surface area (Å²) in [6.07, 6.45) is 3.61. The minimum absolute atomic E-state index is 0.00587. The Hall–Kier alpha value is -2.70. The maximum absolute atomic E-state index is 13.6. The Morgan fingerprint density at radius 1 is 1.15 bits per heavy atom. The number of carbonyl (C=O) groups is 1. The topological polar surface area (TPSA) is 58.4 Å². The summed E-state index contributed by atoms with van der Waals surface area (Å²) in [5.41, 5.74) is 2.32. The Balaban J connectivity index is 1.64. The summed E-state index contributed by atoms with van der Waals surface area (Å²) in [4.78, 5) is 35.0. The molecule has 33 heavy (non-hydrogen) atoms. The van der Waals surface area contributed by atoms with Gasteiger partial charge in [-0.15, -0.1) is 0 Å². The van der Waals surface area contributed by atoms with Crippen LogP contribution in [0.2, 0.25) is 5.02 Å². The van der Waals surface area contributed by atoms with Gasteiger partial charge in [0.1, 0.15) is 0 Å². The predicted molar refractivity (Wildman–Crippen MR) is 132 cm³/mol. The number of nitrogens with zero attached hydrogens (tertiary/aromatic N) is 4. The van der Waals surface area contributed by atoms with Gasteiger partial charge in [0, 0.05) is 43.0 Å². The zero-order chi connectivity index (χ0) is 23.4. The average molecular weight is 467 g/mol. The van der Waals surface area contributed by atoms with E-state index in [-0.39, 0.29) is 17.4 Å². The summed E-state index contributed by atoms with van der Waals surface area (Å²) in [5.74, 6) is 0.221. The van der Waals surface area contributed by atoms with E-state index in [0.717, 1.165) is 54.6 Å². The molecular formula is C26H31ClN4O2. The number of amides is 1. The molecule has 4 rings (SSSR count). The van der Waals surface area contributed by atoms with Crippen molar-refractivity contribution in [1.82, 2.24) is 19.4 Å². The molecule has 0 bridgehead atoms. The summed E-state index contributed by atoms with van der Waals surface area (Å²) in [7, 11) is 0. The lowest BCUT2D eigenvalue weighted by Gasteiger charge is -2.34. The number of fused-ring (bicyclic) bond motifs is 1. The zero-order valence-electron chi connectivity index (χ0n) is 19.3. The lowest BCUT2D eigenvalue weighted by atomic mass is 9.96. The van der Waals surface area contributed by atoms with Gasteiger partial charge in [0.05, 0.1) is 23.7 Å². The van der Waals surface area contributed by atoms with E-state index in [1.54, 1.807) is 10.8 Å². The quantitative estimate of drug-likeness (QED) is 0.524. The fraction of sp³-hybridized carbons (Fsp3) is 0.423. The van der Waals surface area contributed by atoms with Crippen LogP contribution in [-0.2, 0) is 17.9 Å². The van der Waals surface area contributed by atoms with Crippen LogP contribution in [0.4, 0.5) is 0 Å². The number of likely N-dealkylation sites (tertiary alicyclic amines) is 1. The molecule has 7 heteroatoms. The first-order valence-corrected chi connectivity index (χ1v) is 12.1. The summed E-state index contributed by atoms with van der Waals surface area (Å²) >= 11 is 6.26. The number of aromatic nitrogens is 2. The van der Waals surface area contributed by atoms with Gasteiger partial charge in [-0.2, -0.15) is 0 Å². The molecule has 0 unspecified atom stereocenters. The van der Waals surface area contributed by atoms with Crippen LogP contribution in [0.3, 0.4) is 0 Å². The molecule has 2 aromatic heterocycles. The summed E-state index contributed by atoms with van der Waals surface area (Å²) in [5, 5.41) is 1.57. The second kappa shape index (κ2) is 10.5. The number of benzene rings is 1. The monoisotopic (exact) mass is 466 g/mol. The third-order valence-electron chi connectivity index (χ3n) is 6.50. The van der Waals surface area contributed by atoms with E-state index in [9.17, 15) is 9.59 Å². The number of pyridine rings is 2. The zero-order valence-corrected chi connectivity index (χ0v) is 20.1. The van der Waals surface area contributed by atoms with Crippen LogP contribution < -0.4 is 5.56 Å². The molecule has 1 aliphatic heterocycles. The molecule has 0 aliphatic carbocycles. The van der Waals surface area contributed by atoms with Gasteiger partial charge >= 0.3 is 0 Å². The maximum atomic E-state index is 13.6. The lowest BCUT2D eigenvalue weighted by Crippen LogP contribution is -2.45. The molecule has 0 radical (unpaired) electrons. The van der Waals surface area contributed by atoms with E-state index in [2.05, 4.69) is 9.88 Å². The Kier molecular flexibility index (Phi) is 7.46. The molecule has 1 amide bonds. The van der Waals surface area contributed by atoms with Crippen molar-refractivity contribution < 1.29 is 4.79 Å². The highest BCUT2D eigenvalue weighted by Crippen LogP contribution is 2.23. The van der Waals surface area contributed by atoms with Crippen LogP contribution in [0.1, 0.15) is 37.9 Å². The third-order valence-corrected chi connectivity index (χ3v) is 6.74. The molecule has 1 aromatic carbocycles. The summed E-state index contributed by atoms with van der Waals surface area (Å²) in [6.45, 7) is 8.00. The Bertz CT molecular complexity index is 1170. The number of hydrogen-bond donors (Lipinski definition) is 0. The molecule has 1 fully saturated rings. The first-order chi connectivity index (χ1) is 16.0. The molecule has 1 aliphatic rings. The van der Waals surface area contributed by atoms with Crippen LogP contribution in [0, 0.1) is 5.92 Å².